The number of carbonyl (C=O) groups is 3. The first kappa shape index (κ1) is 40.6. The van der Waals surface area contributed by atoms with Crippen molar-refractivity contribution >= 4 is 41.0 Å². The number of ether oxygens (including phenoxy) is 1. The van der Waals surface area contributed by atoms with Gasteiger partial charge in [0.1, 0.15) is 6.10 Å². The number of benzene rings is 1. The summed E-state index contributed by atoms with van der Waals surface area (Å²) < 4.78 is 6.28. The predicted molar refractivity (Wildman–Crippen MR) is 212 cm³/mol. The first-order chi connectivity index (χ1) is 24.6. The zero-order chi connectivity index (χ0) is 38.9. The molecule has 53 heavy (non-hydrogen) atoms. The van der Waals surface area contributed by atoms with Crippen LogP contribution in [0.2, 0.25) is 10.0 Å². The lowest BCUT2D eigenvalue weighted by atomic mass is 9.32. The maximum atomic E-state index is 13.8. The first-order valence-electron chi connectivity index (χ1n) is 20.4. The molecule has 0 saturated heterocycles. The molecule has 5 saturated carbocycles. The van der Waals surface area contributed by atoms with Gasteiger partial charge in [-0.05, 0) is 145 Å². The summed E-state index contributed by atoms with van der Waals surface area (Å²) in [4.78, 5) is 38.4. The molecule has 1 aromatic rings. The van der Waals surface area contributed by atoms with Crippen molar-refractivity contribution in [1.29, 1.82) is 0 Å². The third-order valence-electron chi connectivity index (χ3n) is 16.7. The number of halogens is 2. The highest BCUT2D eigenvalue weighted by Crippen LogP contribution is 2.78. The third-order valence-corrected chi connectivity index (χ3v) is 17.4. The monoisotopic (exact) mass is 769 g/mol. The van der Waals surface area contributed by atoms with E-state index in [1.165, 1.54) is 24.8 Å². The molecule has 5 fully saturated rings. The molecule has 294 valence electrons. The number of amides is 1. The van der Waals surface area contributed by atoms with Gasteiger partial charge in [-0.25, -0.2) is 0 Å². The summed E-state index contributed by atoms with van der Waals surface area (Å²) in [6.45, 7) is 23.3. The Labute approximate surface area is 328 Å². The zero-order valence-electron chi connectivity index (χ0n) is 33.6. The summed E-state index contributed by atoms with van der Waals surface area (Å²) in [5.41, 5.74) is 1.87. The number of esters is 1. The Hall–Kier alpha value is -2.05. The quantitative estimate of drug-likeness (QED) is 0.183. The summed E-state index contributed by atoms with van der Waals surface area (Å²) in [5, 5.41) is 13.6. The standard InChI is InChI=1S/C45H65Cl2NO5/c1-27(2)29-14-19-45(23-36(49)48-26-28-10-12-31(46)32(47)22-28)21-20-43(8)30(39(29)45)11-13-34-42(7)17-16-35(41(5,6)33(42)15-18-44(34,43)9)53-38(52)25-40(3,4)24-37(50)51/h10,12,22,29-30,33-35,39H,1,11,13-21,23-26H2,2-9H3,(H,48,49)(H,50,51)/t29-,30+,33-,34+,35-,39+,42-,43+,44+,45+/m0/s1. The maximum Gasteiger partial charge on any atom is 0.306 e. The second-order valence-electron chi connectivity index (χ2n) is 20.5. The Morgan fingerprint density at radius 1 is 0.887 bits per heavy atom. The normalized spacial score (nSPS) is 38.8. The molecule has 0 aliphatic heterocycles. The topological polar surface area (TPSA) is 92.7 Å². The Morgan fingerprint density at radius 2 is 1.60 bits per heavy atom. The number of carboxylic acids is 1. The molecule has 2 N–H and O–H groups in total. The lowest BCUT2D eigenvalue weighted by Crippen LogP contribution is -2.67. The largest absolute Gasteiger partial charge is 0.481 e. The average molecular weight is 771 g/mol. The Kier molecular flexibility index (Phi) is 10.8. The van der Waals surface area contributed by atoms with Crippen molar-refractivity contribution in [3.63, 3.8) is 0 Å². The average Bonchev–Trinajstić information content (AvgIpc) is 3.42. The second-order valence-corrected chi connectivity index (χ2v) is 21.3. The number of fused-ring (bicyclic) bond motifs is 7. The fourth-order valence-electron chi connectivity index (χ4n) is 14.1. The molecule has 1 aromatic carbocycles. The van der Waals surface area contributed by atoms with Gasteiger partial charge in [0, 0.05) is 18.4 Å². The van der Waals surface area contributed by atoms with E-state index in [1.54, 1.807) is 6.07 Å². The molecule has 0 radical (unpaired) electrons. The van der Waals surface area contributed by atoms with Crippen LogP contribution in [0.5, 0.6) is 0 Å². The van der Waals surface area contributed by atoms with Crippen LogP contribution in [-0.4, -0.2) is 29.1 Å². The van der Waals surface area contributed by atoms with Crippen molar-refractivity contribution in [2.75, 3.05) is 0 Å². The number of rotatable bonds is 10. The van der Waals surface area contributed by atoms with E-state index in [0.29, 0.717) is 52.6 Å². The van der Waals surface area contributed by atoms with E-state index in [2.05, 4.69) is 53.4 Å². The van der Waals surface area contributed by atoms with Gasteiger partial charge in [0.25, 0.3) is 0 Å². The second kappa shape index (κ2) is 14.2. The molecule has 0 heterocycles. The minimum absolute atomic E-state index is 0.0111. The van der Waals surface area contributed by atoms with Crippen molar-refractivity contribution < 1.29 is 24.2 Å². The Morgan fingerprint density at radius 3 is 2.26 bits per heavy atom. The van der Waals surface area contributed by atoms with Crippen molar-refractivity contribution in [1.82, 2.24) is 5.32 Å². The summed E-state index contributed by atoms with van der Waals surface area (Å²) in [5.74, 6) is 1.42. The molecule has 1 amide bonds. The maximum absolute atomic E-state index is 13.8. The summed E-state index contributed by atoms with van der Waals surface area (Å²) in [6.07, 6.45) is 11.5. The number of hydrogen-bond donors (Lipinski definition) is 2. The van der Waals surface area contributed by atoms with Gasteiger partial charge in [0.15, 0.2) is 0 Å². The van der Waals surface area contributed by atoms with Crippen molar-refractivity contribution in [3.8, 4) is 0 Å². The number of carboxylic acid groups (broad SMARTS) is 1. The van der Waals surface area contributed by atoms with E-state index in [-0.39, 0.29) is 57.9 Å². The van der Waals surface area contributed by atoms with Crippen LogP contribution in [0.15, 0.2) is 30.4 Å². The van der Waals surface area contributed by atoms with Gasteiger partial charge in [-0.1, -0.05) is 89.9 Å². The number of allylic oxidation sites excluding steroid dienone is 1. The predicted octanol–water partition coefficient (Wildman–Crippen LogP) is 11.5. The Balaban J connectivity index is 1.21. The molecule has 0 unspecified atom stereocenters. The molecule has 10 atom stereocenters. The summed E-state index contributed by atoms with van der Waals surface area (Å²) >= 11 is 12.4. The molecule has 5 aliphatic rings. The van der Waals surface area contributed by atoms with Crippen LogP contribution in [0, 0.1) is 62.1 Å². The smallest absolute Gasteiger partial charge is 0.306 e. The van der Waals surface area contributed by atoms with E-state index in [1.807, 2.05) is 26.0 Å². The molecule has 0 aromatic heterocycles. The van der Waals surface area contributed by atoms with E-state index in [4.69, 9.17) is 27.9 Å². The van der Waals surface area contributed by atoms with Gasteiger partial charge >= 0.3 is 11.9 Å². The Bertz CT molecular complexity index is 1640. The molecule has 8 heteroatoms. The lowest BCUT2D eigenvalue weighted by Gasteiger charge is -2.73. The number of hydrogen-bond acceptors (Lipinski definition) is 4. The molecule has 5 aliphatic carbocycles. The molecule has 6 rings (SSSR count). The van der Waals surface area contributed by atoms with E-state index in [0.717, 1.165) is 50.5 Å². The SMILES string of the molecule is C=C(C)[C@@H]1CC[C@]2(CC(=O)NCc3ccc(Cl)c(Cl)c3)CC[C@]3(C)[C@H](CC[C@@H]4[C@@]5(C)CC[C@H](OC(=O)CC(C)(C)CC(=O)O)C(C)(C)[C@@H]5CC[C@]43C)[C@@H]12. The highest BCUT2D eigenvalue weighted by Gasteiger charge is 2.71. The fraction of sp³-hybridized carbons (Fsp3) is 0.756. The van der Waals surface area contributed by atoms with Crippen LogP contribution in [0.4, 0.5) is 0 Å². The van der Waals surface area contributed by atoms with E-state index in [9.17, 15) is 19.5 Å². The van der Waals surface area contributed by atoms with Crippen LogP contribution in [0.3, 0.4) is 0 Å². The van der Waals surface area contributed by atoms with Gasteiger partial charge in [-0.2, -0.15) is 0 Å². The van der Waals surface area contributed by atoms with Crippen LogP contribution in [0.1, 0.15) is 144 Å². The fourth-order valence-corrected chi connectivity index (χ4v) is 14.4. The summed E-state index contributed by atoms with van der Waals surface area (Å²) in [6, 6.07) is 5.55. The number of carbonyl (C=O) groups excluding carboxylic acids is 2. The summed E-state index contributed by atoms with van der Waals surface area (Å²) in [7, 11) is 0. The minimum atomic E-state index is -0.890. The van der Waals surface area contributed by atoms with E-state index < -0.39 is 11.4 Å². The number of aliphatic carboxylic acids is 1. The molecule has 0 bridgehead atoms. The van der Waals surface area contributed by atoms with Crippen LogP contribution >= 0.6 is 23.2 Å². The van der Waals surface area contributed by atoms with Gasteiger partial charge in [0.2, 0.25) is 5.91 Å². The van der Waals surface area contributed by atoms with Crippen LogP contribution in [0.25, 0.3) is 0 Å². The highest BCUT2D eigenvalue weighted by atomic mass is 35.5. The first-order valence-corrected chi connectivity index (χ1v) is 21.1. The number of nitrogens with one attached hydrogen (secondary N) is 1. The molecule has 0 spiro atoms. The minimum Gasteiger partial charge on any atom is -0.481 e. The van der Waals surface area contributed by atoms with Crippen LogP contribution < -0.4 is 5.32 Å². The van der Waals surface area contributed by atoms with Gasteiger partial charge in [0.05, 0.1) is 22.9 Å². The van der Waals surface area contributed by atoms with Crippen molar-refractivity contribution in [2.24, 2.45) is 62.1 Å². The van der Waals surface area contributed by atoms with Crippen molar-refractivity contribution in [3.05, 3.63) is 46.0 Å². The molecular formula is C45H65Cl2NO5. The lowest BCUT2D eigenvalue weighted by molar-refractivity contribution is -0.250. The van der Waals surface area contributed by atoms with Gasteiger partial charge in [-0.3, -0.25) is 14.4 Å². The van der Waals surface area contributed by atoms with E-state index >= 15 is 0 Å². The third kappa shape index (κ3) is 7.02. The molecule has 6 nitrogen and oxygen atoms in total. The van der Waals surface area contributed by atoms with Gasteiger partial charge < -0.3 is 15.2 Å². The van der Waals surface area contributed by atoms with Gasteiger partial charge in [-0.15, -0.1) is 0 Å². The highest BCUT2D eigenvalue weighted by molar-refractivity contribution is 6.42. The zero-order valence-corrected chi connectivity index (χ0v) is 35.2. The van der Waals surface area contributed by atoms with Crippen molar-refractivity contribution in [2.45, 2.75) is 152 Å². The molecular weight excluding hydrogens is 705 g/mol. The van der Waals surface area contributed by atoms with Crippen LogP contribution in [-0.2, 0) is 25.7 Å².